The van der Waals surface area contributed by atoms with Crippen LogP contribution in [0.5, 0.6) is 0 Å². The summed E-state index contributed by atoms with van der Waals surface area (Å²) in [7, 11) is 1.85. The molecule has 0 bridgehead atoms. The van der Waals surface area contributed by atoms with Gasteiger partial charge in [0.15, 0.2) is 0 Å². The predicted molar refractivity (Wildman–Crippen MR) is 82.3 cm³/mol. The molecule has 2 N–H and O–H groups in total. The van der Waals surface area contributed by atoms with Crippen LogP contribution in [0.4, 0.5) is 0 Å². The van der Waals surface area contributed by atoms with Crippen molar-refractivity contribution < 1.29 is 4.79 Å². The van der Waals surface area contributed by atoms with Crippen molar-refractivity contribution in [2.24, 2.45) is 11.7 Å². The van der Waals surface area contributed by atoms with E-state index in [1.165, 1.54) is 0 Å². The first kappa shape index (κ1) is 17.9. The average molecular weight is 285 g/mol. The number of benzene rings is 1. The number of nitrogens with two attached hydrogens (primary N) is 1. The maximum Gasteiger partial charge on any atom is 0.227 e. The molecule has 3 nitrogen and oxygen atoms in total. The van der Waals surface area contributed by atoms with Gasteiger partial charge in [-0.05, 0) is 18.9 Å². The maximum atomic E-state index is 12.3. The minimum absolute atomic E-state index is 0. The molecule has 108 valence electrons. The van der Waals surface area contributed by atoms with Crippen LogP contribution in [0.15, 0.2) is 30.3 Å². The average Bonchev–Trinajstić information content (AvgIpc) is 2.44. The summed E-state index contributed by atoms with van der Waals surface area (Å²) in [5, 5.41) is 0. The summed E-state index contributed by atoms with van der Waals surface area (Å²) in [4.78, 5) is 14.1. The van der Waals surface area contributed by atoms with Gasteiger partial charge in [0.2, 0.25) is 5.91 Å². The summed E-state index contributed by atoms with van der Waals surface area (Å²) >= 11 is 0. The zero-order valence-electron chi connectivity index (χ0n) is 12.2. The number of hydrogen-bond acceptors (Lipinski definition) is 2. The number of hydrogen-bond donors (Lipinski definition) is 1. The molecule has 3 unspecified atom stereocenters. The number of rotatable bonds is 5. The van der Waals surface area contributed by atoms with Crippen LogP contribution in [0.25, 0.3) is 0 Å². The van der Waals surface area contributed by atoms with Crippen molar-refractivity contribution in [3.8, 4) is 0 Å². The molecule has 1 amide bonds. The second kappa shape index (κ2) is 8.18. The number of amides is 1. The highest BCUT2D eigenvalue weighted by Gasteiger charge is 2.26. The molecule has 0 saturated heterocycles. The first-order valence-corrected chi connectivity index (χ1v) is 6.56. The van der Waals surface area contributed by atoms with Crippen molar-refractivity contribution >= 4 is 18.3 Å². The van der Waals surface area contributed by atoms with Crippen molar-refractivity contribution in [3.05, 3.63) is 35.9 Å². The van der Waals surface area contributed by atoms with E-state index in [-0.39, 0.29) is 36.3 Å². The van der Waals surface area contributed by atoms with Gasteiger partial charge in [0.05, 0.1) is 5.92 Å². The predicted octanol–water partition coefficient (Wildman–Crippen LogP) is 3.00. The molecule has 1 rings (SSSR count). The van der Waals surface area contributed by atoms with Gasteiger partial charge < -0.3 is 10.6 Å². The van der Waals surface area contributed by atoms with Crippen LogP contribution in [0.1, 0.15) is 38.8 Å². The summed E-state index contributed by atoms with van der Waals surface area (Å²) < 4.78 is 0. The Hall–Kier alpha value is -1.06. The molecule has 1 aromatic carbocycles. The third kappa shape index (κ3) is 4.51. The largest absolute Gasteiger partial charge is 0.343 e. The Morgan fingerprint density at radius 3 is 2.26 bits per heavy atom. The second-order valence-electron chi connectivity index (χ2n) is 4.93. The summed E-state index contributed by atoms with van der Waals surface area (Å²) in [6.07, 6.45) is 0.954. The lowest BCUT2D eigenvalue weighted by molar-refractivity contribution is -0.136. The van der Waals surface area contributed by atoms with E-state index in [9.17, 15) is 4.79 Å². The van der Waals surface area contributed by atoms with Gasteiger partial charge in [0.1, 0.15) is 0 Å². The van der Waals surface area contributed by atoms with Gasteiger partial charge in [-0.2, -0.15) is 0 Å². The van der Waals surface area contributed by atoms with E-state index in [4.69, 9.17) is 5.73 Å². The molecule has 0 aliphatic carbocycles. The molecule has 3 atom stereocenters. The summed E-state index contributed by atoms with van der Waals surface area (Å²) in [6, 6.07) is 9.80. The molecule has 0 aliphatic rings. The third-order valence-corrected chi connectivity index (χ3v) is 3.71. The Morgan fingerprint density at radius 1 is 1.26 bits per heavy atom. The Morgan fingerprint density at radius 2 is 1.79 bits per heavy atom. The third-order valence-electron chi connectivity index (χ3n) is 3.71. The fourth-order valence-electron chi connectivity index (χ4n) is 1.93. The Labute approximate surface area is 122 Å². The smallest absolute Gasteiger partial charge is 0.227 e. The lowest BCUT2D eigenvalue weighted by Crippen LogP contribution is -2.41. The molecular weight excluding hydrogens is 260 g/mol. The van der Waals surface area contributed by atoms with Gasteiger partial charge in [-0.1, -0.05) is 44.2 Å². The molecule has 0 spiro atoms. The highest BCUT2D eigenvalue weighted by Crippen LogP contribution is 2.21. The van der Waals surface area contributed by atoms with E-state index in [2.05, 4.69) is 13.8 Å². The van der Waals surface area contributed by atoms with Crippen LogP contribution in [0, 0.1) is 5.92 Å². The van der Waals surface area contributed by atoms with Crippen LogP contribution in [-0.4, -0.2) is 23.9 Å². The van der Waals surface area contributed by atoms with E-state index >= 15 is 0 Å². The topological polar surface area (TPSA) is 46.3 Å². The quantitative estimate of drug-likeness (QED) is 0.903. The SMILES string of the molecule is CCC(C)N(C)C(=O)C(C)C(N)c1ccccc1.Cl. The summed E-state index contributed by atoms with van der Waals surface area (Å²) in [6.45, 7) is 6.04. The van der Waals surface area contributed by atoms with Gasteiger partial charge in [-0.15, -0.1) is 12.4 Å². The first-order valence-electron chi connectivity index (χ1n) is 6.56. The van der Waals surface area contributed by atoms with E-state index in [1.807, 2.05) is 44.3 Å². The molecule has 0 fully saturated rings. The van der Waals surface area contributed by atoms with Crippen LogP contribution < -0.4 is 5.73 Å². The Bertz CT molecular complexity index is 383. The van der Waals surface area contributed by atoms with Gasteiger partial charge in [0.25, 0.3) is 0 Å². The van der Waals surface area contributed by atoms with Gasteiger partial charge >= 0.3 is 0 Å². The van der Waals surface area contributed by atoms with Crippen LogP contribution >= 0.6 is 12.4 Å². The minimum atomic E-state index is -0.245. The van der Waals surface area contributed by atoms with Gasteiger partial charge in [-0.3, -0.25) is 4.79 Å². The highest BCUT2D eigenvalue weighted by atomic mass is 35.5. The van der Waals surface area contributed by atoms with Crippen LogP contribution in [0.3, 0.4) is 0 Å². The number of halogens is 1. The lowest BCUT2D eigenvalue weighted by atomic mass is 9.94. The van der Waals surface area contributed by atoms with Gasteiger partial charge in [-0.25, -0.2) is 0 Å². The Kier molecular flexibility index (Phi) is 7.72. The fraction of sp³-hybridized carbons (Fsp3) is 0.533. The van der Waals surface area contributed by atoms with Crippen molar-refractivity contribution in [3.63, 3.8) is 0 Å². The van der Waals surface area contributed by atoms with Crippen LogP contribution in [-0.2, 0) is 4.79 Å². The zero-order valence-corrected chi connectivity index (χ0v) is 13.0. The molecule has 4 heteroatoms. The molecule has 0 aliphatic heterocycles. The van der Waals surface area contributed by atoms with E-state index < -0.39 is 0 Å². The monoisotopic (exact) mass is 284 g/mol. The van der Waals surface area contributed by atoms with Gasteiger partial charge in [0, 0.05) is 19.1 Å². The molecule has 19 heavy (non-hydrogen) atoms. The highest BCUT2D eigenvalue weighted by molar-refractivity contribution is 5.85. The van der Waals surface area contributed by atoms with E-state index in [1.54, 1.807) is 4.90 Å². The number of carbonyl (C=O) groups excluding carboxylic acids is 1. The maximum absolute atomic E-state index is 12.3. The van der Waals surface area contributed by atoms with Crippen molar-refractivity contribution in [1.29, 1.82) is 0 Å². The van der Waals surface area contributed by atoms with Crippen LogP contribution in [0.2, 0.25) is 0 Å². The summed E-state index contributed by atoms with van der Waals surface area (Å²) in [5.74, 6) is -0.0906. The van der Waals surface area contributed by atoms with E-state index in [0.29, 0.717) is 0 Å². The minimum Gasteiger partial charge on any atom is -0.343 e. The standard InChI is InChI=1S/C15H24N2O.ClH/c1-5-11(2)17(4)15(18)12(3)14(16)13-9-7-6-8-10-13;/h6-12,14H,5,16H2,1-4H3;1H. The molecule has 0 radical (unpaired) electrons. The zero-order chi connectivity index (χ0) is 13.7. The molecule has 1 aromatic rings. The molecule has 0 heterocycles. The van der Waals surface area contributed by atoms with Crippen molar-refractivity contribution in [2.45, 2.75) is 39.3 Å². The number of carbonyl (C=O) groups is 1. The molecular formula is C15H25ClN2O. The fourth-order valence-corrected chi connectivity index (χ4v) is 1.93. The second-order valence-corrected chi connectivity index (χ2v) is 4.93. The normalized spacial score (nSPS) is 15.0. The van der Waals surface area contributed by atoms with Crippen molar-refractivity contribution in [1.82, 2.24) is 4.90 Å². The molecule has 0 saturated carbocycles. The van der Waals surface area contributed by atoms with E-state index in [0.717, 1.165) is 12.0 Å². The Balaban J connectivity index is 0.00000324. The summed E-state index contributed by atoms with van der Waals surface area (Å²) in [5.41, 5.74) is 7.18. The number of nitrogens with zero attached hydrogens (tertiary/aromatic N) is 1. The molecule has 0 aromatic heterocycles. The van der Waals surface area contributed by atoms with Crippen molar-refractivity contribution in [2.75, 3.05) is 7.05 Å². The lowest BCUT2D eigenvalue weighted by Gasteiger charge is -2.29. The first-order chi connectivity index (χ1) is 8.49.